The molecule has 7 nitrogen and oxygen atoms in total. The number of hydrogen-bond acceptors (Lipinski definition) is 6. The first-order chi connectivity index (χ1) is 14.9. The summed E-state index contributed by atoms with van der Waals surface area (Å²) in [6.45, 7) is 3.84. The van der Waals surface area contributed by atoms with Crippen molar-refractivity contribution in [3.05, 3.63) is 46.9 Å². The molecule has 0 aliphatic rings. The Hall–Kier alpha value is -2.62. The highest BCUT2D eigenvalue weighted by Crippen LogP contribution is 2.37. The molecule has 0 N–H and O–H groups in total. The van der Waals surface area contributed by atoms with Crippen molar-refractivity contribution in [3.63, 3.8) is 0 Å². The summed E-state index contributed by atoms with van der Waals surface area (Å²) in [6.07, 6.45) is -4.67. The van der Waals surface area contributed by atoms with Crippen molar-refractivity contribution in [1.82, 2.24) is 18.8 Å². The van der Waals surface area contributed by atoms with Crippen LogP contribution >= 0.6 is 11.8 Å². The third-order valence-electron chi connectivity index (χ3n) is 4.76. The van der Waals surface area contributed by atoms with Crippen molar-refractivity contribution in [1.29, 1.82) is 5.26 Å². The first-order valence-corrected chi connectivity index (χ1v) is 11.9. The van der Waals surface area contributed by atoms with Gasteiger partial charge in [0.05, 0.1) is 32.8 Å². The molecule has 12 heteroatoms. The van der Waals surface area contributed by atoms with Crippen molar-refractivity contribution in [2.24, 2.45) is 0 Å². The van der Waals surface area contributed by atoms with Crippen molar-refractivity contribution < 1.29 is 21.6 Å². The molecule has 0 aliphatic carbocycles. The lowest BCUT2D eigenvalue weighted by molar-refractivity contribution is -0.138. The van der Waals surface area contributed by atoms with Crippen LogP contribution in [0.4, 0.5) is 13.2 Å². The van der Waals surface area contributed by atoms with Gasteiger partial charge in [-0.25, -0.2) is 22.7 Å². The second kappa shape index (κ2) is 8.73. The van der Waals surface area contributed by atoms with E-state index < -0.39 is 27.3 Å². The van der Waals surface area contributed by atoms with Gasteiger partial charge < -0.3 is 4.57 Å². The smallest absolute Gasteiger partial charge is 0.328 e. The van der Waals surface area contributed by atoms with E-state index in [-0.39, 0.29) is 21.4 Å². The van der Waals surface area contributed by atoms with E-state index in [4.69, 9.17) is 0 Å². The lowest BCUT2D eigenvalue weighted by Crippen LogP contribution is -2.22. The van der Waals surface area contributed by atoms with Gasteiger partial charge in [0.1, 0.15) is 16.9 Å². The van der Waals surface area contributed by atoms with E-state index in [0.717, 1.165) is 22.1 Å². The standard InChI is InChI=1S/C20H20F3N5O2S2/c1-5-28-17-7-6-13(32(29,30)27(3)4)9-16(17)26-18(28)11-31-19-14(10-24)15(20(21,22)23)8-12(2)25-19/h6-9H,5,11H2,1-4H3. The largest absolute Gasteiger partial charge is 0.417 e. The van der Waals surface area contributed by atoms with Crippen LogP contribution in [0.25, 0.3) is 11.0 Å². The summed E-state index contributed by atoms with van der Waals surface area (Å²) in [5, 5.41) is 9.31. The normalized spacial score (nSPS) is 12.5. The molecule has 0 radical (unpaired) electrons. The molecule has 0 aliphatic heterocycles. The molecule has 0 saturated carbocycles. The highest BCUT2D eigenvalue weighted by atomic mass is 32.2. The monoisotopic (exact) mass is 483 g/mol. The number of aromatic nitrogens is 3. The maximum Gasteiger partial charge on any atom is 0.417 e. The minimum Gasteiger partial charge on any atom is -0.328 e. The van der Waals surface area contributed by atoms with Crippen LogP contribution in [-0.2, 0) is 28.5 Å². The number of pyridine rings is 1. The van der Waals surface area contributed by atoms with Crippen LogP contribution in [0.2, 0.25) is 0 Å². The van der Waals surface area contributed by atoms with Gasteiger partial charge in [-0.1, -0.05) is 11.8 Å². The molecule has 0 fully saturated rings. The molecule has 2 heterocycles. The Labute approximate surface area is 187 Å². The zero-order chi connectivity index (χ0) is 23.8. The molecule has 0 atom stereocenters. The lowest BCUT2D eigenvalue weighted by atomic mass is 10.1. The van der Waals surface area contributed by atoms with Crippen LogP contribution in [0.3, 0.4) is 0 Å². The Kier molecular flexibility index (Phi) is 6.55. The second-order valence-electron chi connectivity index (χ2n) is 7.10. The summed E-state index contributed by atoms with van der Waals surface area (Å²) >= 11 is 0.985. The lowest BCUT2D eigenvalue weighted by Gasteiger charge is -2.13. The number of thioether (sulfide) groups is 1. The number of hydrogen-bond donors (Lipinski definition) is 0. The summed E-state index contributed by atoms with van der Waals surface area (Å²) in [6, 6.07) is 7.10. The maximum atomic E-state index is 13.4. The van der Waals surface area contributed by atoms with Crippen molar-refractivity contribution >= 4 is 32.8 Å². The number of benzene rings is 1. The summed E-state index contributed by atoms with van der Waals surface area (Å²) in [5.74, 6) is 0.688. The molecule has 170 valence electrons. The molecule has 0 amide bonds. The van der Waals surface area contributed by atoms with E-state index in [0.29, 0.717) is 23.4 Å². The number of halogens is 3. The van der Waals surface area contributed by atoms with Gasteiger partial charge in [0.2, 0.25) is 10.0 Å². The number of nitriles is 1. The highest BCUT2D eigenvalue weighted by Gasteiger charge is 2.35. The Balaban J connectivity index is 2.02. The van der Waals surface area contributed by atoms with Crippen LogP contribution in [-0.4, -0.2) is 41.4 Å². The van der Waals surface area contributed by atoms with Gasteiger partial charge in [-0.3, -0.25) is 0 Å². The number of nitrogens with zero attached hydrogens (tertiary/aromatic N) is 5. The highest BCUT2D eigenvalue weighted by molar-refractivity contribution is 7.98. The number of rotatable bonds is 6. The van der Waals surface area contributed by atoms with Crippen LogP contribution in [0.1, 0.15) is 29.6 Å². The Bertz CT molecular complexity index is 1330. The quantitative estimate of drug-likeness (QED) is 0.488. The fourth-order valence-electron chi connectivity index (χ4n) is 3.21. The van der Waals surface area contributed by atoms with Crippen LogP contribution in [0.5, 0.6) is 0 Å². The fraction of sp³-hybridized carbons (Fsp3) is 0.350. The van der Waals surface area contributed by atoms with Crippen LogP contribution < -0.4 is 0 Å². The van der Waals surface area contributed by atoms with Gasteiger partial charge in [0, 0.05) is 26.3 Å². The Morgan fingerprint density at radius 2 is 1.91 bits per heavy atom. The van der Waals surface area contributed by atoms with Gasteiger partial charge >= 0.3 is 6.18 Å². The summed E-state index contributed by atoms with van der Waals surface area (Å²) in [5.41, 5.74) is -0.223. The number of fused-ring (bicyclic) bond motifs is 1. The Morgan fingerprint density at radius 3 is 2.47 bits per heavy atom. The van der Waals surface area contributed by atoms with Gasteiger partial charge in [-0.15, -0.1) is 0 Å². The molecule has 0 bridgehead atoms. The van der Waals surface area contributed by atoms with Crippen LogP contribution in [0, 0.1) is 18.3 Å². The first kappa shape index (κ1) is 24.0. The molecule has 3 rings (SSSR count). The third-order valence-corrected chi connectivity index (χ3v) is 7.55. The summed E-state index contributed by atoms with van der Waals surface area (Å²) in [7, 11) is -0.773. The van der Waals surface area contributed by atoms with E-state index in [9.17, 15) is 26.9 Å². The summed E-state index contributed by atoms with van der Waals surface area (Å²) < 4.78 is 67.8. The van der Waals surface area contributed by atoms with E-state index in [1.807, 2.05) is 11.5 Å². The molecule has 0 saturated heterocycles. The summed E-state index contributed by atoms with van der Waals surface area (Å²) in [4.78, 5) is 8.73. The third kappa shape index (κ3) is 4.46. The maximum absolute atomic E-state index is 13.4. The average molecular weight is 484 g/mol. The molecule has 3 aromatic rings. The predicted octanol–water partition coefficient (Wildman–Crippen LogP) is 4.19. The first-order valence-electron chi connectivity index (χ1n) is 9.43. The predicted molar refractivity (Wildman–Crippen MR) is 115 cm³/mol. The fourth-order valence-corrected chi connectivity index (χ4v) is 5.12. The zero-order valence-corrected chi connectivity index (χ0v) is 19.4. The second-order valence-corrected chi connectivity index (χ2v) is 10.2. The molecule has 1 aromatic carbocycles. The van der Waals surface area contributed by atoms with Gasteiger partial charge in [0.25, 0.3) is 0 Å². The SMILES string of the molecule is CCn1c(CSc2nc(C)cc(C(F)(F)F)c2C#N)nc2cc(S(=O)(=O)N(C)C)ccc21. The van der Waals surface area contributed by atoms with Crippen LogP contribution in [0.15, 0.2) is 34.2 Å². The number of sulfonamides is 1. The van der Waals surface area contributed by atoms with Gasteiger partial charge in [0.15, 0.2) is 0 Å². The van der Waals surface area contributed by atoms with Crippen molar-refractivity contribution in [2.75, 3.05) is 14.1 Å². The Morgan fingerprint density at radius 1 is 1.22 bits per heavy atom. The van der Waals surface area contributed by atoms with Gasteiger partial charge in [-0.05, 0) is 38.1 Å². The van der Waals surface area contributed by atoms with E-state index in [1.54, 1.807) is 12.1 Å². The van der Waals surface area contributed by atoms with E-state index >= 15 is 0 Å². The van der Waals surface area contributed by atoms with Crippen molar-refractivity contribution in [3.8, 4) is 6.07 Å². The minimum absolute atomic E-state index is 0.0228. The molecular formula is C20H20F3N5O2S2. The number of aryl methyl sites for hydroxylation is 2. The zero-order valence-electron chi connectivity index (χ0n) is 17.7. The average Bonchev–Trinajstić information content (AvgIpc) is 3.07. The number of alkyl halides is 3. The van der Waals surface area contributed by atoms with Crippen molar-refractivity contribution in [2.45, 2.75) is 42.2 Å². The minimum atomic E-state index is -4.67. The van der Waals surface area contributed by atoms with E-state index in [1.165, 1.54) is 33.2 Å². The molecule has 32 heavy (non-hydrogen) atoms. The molecule has 0 spiro atoms. The topological polar surface area (TPSA) is 91.9 Å². The number of imidazole rings is 1. The van der Waals surface area contributed by atoms with E-state index in [2.05, 4.69) is 9.97 Å². The van der Waals surface area contributed by atoms with Gasteiger partial charge in [-0.2, -0.15) is 18.4 Å². The molecule has 2 aromatic heterocycles. The molecule has 0 unspecified atom stereocenters. The molecular weight excluding hydrogens is 463 g/mol.